The van der Waals surface area contributed by atoms with E-state index in [1.54, 1.807) is 39.8 Å². The first-order chi connectivity index (χ1) is 20.2. The van der Waals surface area contributed by atoms with Gasteiger partial charge in [-0.2, -0.15) is 5.10 Å². The summed E-state index contributed by atoms with van der Waals surface area (Å²) in [5.41, 5.74) is 3.47. The van der Waals surface area contributed by atoms with Crippen molar-refractivity contribution in [1.29, 1.82) is 0 Å². The molecule has 0 saturated carbocycles. The number of hydrogen-bond acceptors (Lipinski definition) is 8. The lowest BCUT2D eigenvalue weighted by molar-refractivity contribution is 0.0784. The first-order valence-electron chi connectivity index (χ1n) is 13.7. The van der Waals surface area contributed by atoms with Gasteiger partial charge in [0, 0.05) is 32.1 Å². The van der Waals surface area contributed by atoms with Gasteiger partial charge in [-0.1, -0.05) is 31.8 Å². The fraction of sp³-hybridized carbons (Fsp3) is 0.310. The average Bonchev–Trinajstić information content (AvgIpc) is 3.68. The molecule has 0 aliphatic carbocycles. The number of ether oxygens (including phenoxy) is 2. The van der Waals surface area contributed by atoms with Crippen molar-refractivity contribution < 1.29 is 18.7 Å². The Kier molecular flexibility index (Phi) is 7.29. The third-order valence-electron chi connectivity index (χ3n) is 7.00. The summed E-state index contributed by atoms with van der Waals surface area (Å²) >= 11 is 0. The van der Waals surface area contributed by atoms with Gasteiger partial charge in [0.1, 0.15) is 37.3 Å². The Bertz CT molecular complexity index is 1770. The Hall–Kier alpha value is -4.49. The fourth-order valence-corrected chi connectivity index (χ4v) is 5.48. The molecule has 11 nitrogen and oxygen atoms in total. The minimum absolute atomic E-state index is 0.162. The first-order valence-corrected chi connectivity index (χ1v) is 17.4. The van der Waals surface area contributed by atoms with Gasteiger partial charge in [-0.3, -0.25) is 4.98 Å². The van der Waals surface area contributed by atoms with Crippen LogP contribution in [0.25, 0.3) is 28.2 Å². The van der Waals surface area contributed by atoms with Crippen molar-refractivity contribution in [3.63, 3.8) is 0 Å². The summed E-state index contributed by atoms with van der Waals surface area (Å²) in [6, 6.07) is 12.8. The van der Waals surface area contributed by atoms with E-state index in [2.05, 4.69) is 39.8 Å². The molecule has 42 heavy (non-hydrogen) atoms. The number of nitrogens with zero attached hydrogens (tertiary/aromatic N) is 8. The fourth-order valence-electron chi connectivity index (χ4n) is 4.72. The zero-order valence-electron chi connectivity index (χ0n) is 23.9. The second-order valence-corrected chi connectivity index (χ2v) is 17.1. The molecule has 0 spiro atoms. The third-order valence-corrected chi connectivity index (χ3v) is 8.71. The van der Waals surface area contributed by atoms with E-state index in [4.69, 9.17) is 14.5 Å². The highest BCUT2D eigenvalue weighted by Crippen LogP contribution is 2.33. The van der Waals surface area contributed by atoms with Gasteiger partial charge in [0.15, 0.2) is 11.5 Å². The SMILES string of the molecule is Cc1cccc(C2COC(=O)N2c2ccn3ncc(-c4ccc(-c5ncn(COCC[Si](C)(C)C)n5)c(F)c4)c3n2)n1. The van der Waals surface area contributed by atoms with Crippen LogP contribution in [0, 0.1) is 12.7 Å². The Balaban J connectivity index is 1.25. The smallest absolute Gasteiger partial charge is 0.416 e. The lowest BCUT2D eigenvalue weighted by Crippen LogP contribution is -2.29. The summed E-state index contributed by atoms with van der Waals surface area (Å²) in [6.07, 6.45) is 4.36. The molecule has 5 aromatic rings. The molecule has 216 valence electrons. The number of rotatable bonds is 9. The molecule has 0 bridgehead atoms. The molecule has 0 N–H and O–H groups in total. The van der Waals surface area contributed by atoms with E-state index in [1.165, 1.54) is 17.3 Å². The second-order valence-electron chi connectivity index (χ2n) is 11.4. The minimum Gasteiger partial charge on any atom is -0.446 e. The average molecular weight is 587 g/mol. The van der Waals surface area contributed by atoms with Gasteiger partial charge in [-0.15, -0.1) is 5.10 Å². The van der Waals surface area contributed by atoms with Gasteiger partial charge in [0.05, 0.1) is 17.5 Å². The number of amides is 1. The number of carbonyl (C=O) groups is 1. The van der Waals surface area contributed by atoms with Crippen LogP contribution in [0.15, 0.2) is 61.2 Å². The van der Waals surface area contributed by atoms with E-state index in [0.717, 1.165) is 11.7 Å². The van der Waals surface area contributed by atoms with Crippen molar-refractivity contribution in [2.45, 2.75) is 45.4 Å². The maximum Gasteiger partial charge on any atom is 0.416 e. The monoisotopic (exact) mass is 586 g/mol. The molecule has 1 unspecified atom stereocenters. The van der Waals surface area contributed by atoms with Crippen LogP contribution < -0.4 is 4.90 Å². The maximum absolute atomic E-state index is 15.4. The zero-order chi connectivity index (χ0) is 29.4. The van der Waals surface area contributed by atoms with E-state index >= 15 is 4.39 Å². The van der Waals surface area contributed by atoms with Gasteiger partial charge in [-0.05, 0) is 48.9 Å². The molecule has 0 radical (unpaired) electrons. The second kappa shape index (κ2) is 11.1. The summed E-state index contributed by atoms with van der Waals surface area (Å²) in [6.45, 7) is 9.86. The lowest BCUT2D eigenvalue weighted by Gasteiger charge is -2.20. The molecule has 1 aliphatic heterocycles. The van der Waals surface area contributed by atoms with Crippen LogP contribution in [0.5, 0.6) is 0 Å². The molecule has 5 heterocycles. The molecule has 6 rings (SSSR count). The molecular weight excluding hydrogens is 555 g/mol. The number of cyclic esters (lactones) is 1. The van der Waals surface area contributed by atoms with Crippen molar-refractivity contribution in [3.05, 3.63) is 78.4 Å². The van der Waals surface area contributed by atoms with Crippen LogP contribution in [-0.4, -0.2) is 61.7 Å². The normalized spacial score (nSPS) is 15.5. The minimum atomic E-state index is -1.18. The van der Waals surface area contributed by atoms with Gasteiger partial charge in [-0.25, -0.2) is 33.3 Å². The third kappa shape index (κ3) is 5.65. The number of carbonyl (C=O) groups excluding carboxylic acids is 1. The summed E-state index contributed by atoms with van der Waals surface area (Å²) in [7, 11) is -1.18. The van der Waals surface area contributed by atoms with Crippen molar-refractivity contribution in [3.8, 4) is 22.5 Å². The van der Waals surface area contributed by atoms with E-state index < -0.39 is 26.0 Å². The molecule has 1 saturated heterocycles. The predicted octanol–water partition coefficient (Wildman–Crippen LogP) is 5.51. The van der Waals surface area contributed by atoms with Crippen LogP contribution in [0.2, 0.25) is 25.7 Å². The van der Waals surface area contributed by atoms with Crippen molar-refractivity contribution in [2.24, 2.45) is 0 Å². The standard InChI is InChI=1S/C29H31FN8O3Si/c1-19-6-5-7-24(33-19)25-16-41-29(39)38(25)26-10-11-37-28(34-26)22(15-32-37)20-8-9-21(23(30)14-20)27-31-17-36(35-27)18-40-12-13-42(2,3)4/h5-11,14-15,17,25H,12-13,16,18H2,1-4H3. The number of anilines is 1. The summed E-state index contributed by atoms with van der Waals surface area (Å²) in [5.74, 6) is 0.185. The Labute approximate surface area is 243 Å². The summed E-state index contributed by atoms with van der Waals surface area (Å²) in [5, 5.41) is 8.77. The van der Waals surface area contributed by atoms with Gasteiger partial charge >= 0.3 is 6.09 Å². The quantitative estimate of drug-likeness (QED) is 0.164. The first kappa shape index (κ1) is 27.7. The Morgan fingerprint density at radius 3 is 2.76 bits per heavy atom. The van der Waals surface area contributed by atoms with Gasteiger partial charge < -0.3 is 9.47 Å². The Morgan fingerprint density at radius 1 is 1.12 bits per heavy atom. The summed E-state index contributed by atoms with van der Waals surface area (Å²) < 4.78 is 29.6. The number of fused-ring (bicyclic) bond motifs is 1. The molecule has 1 fully saturated rings. The van der Waals surface area contributed by atoms with Crippen LogP contribution in [0.1, 0.15) is 17.4 Å². The van der Waals surface area contributed by atoms with E-state index in [0.29, 0.717) is 34.9 Å². The molecular formula is C29H31FN8O3Si. The van der Waals surface area contributed by atoms with Crippen LogP contribution in [-0.2, 0) is 16.2 Å². The summed E-state index contributed by atoms with van der Waals surface area (Å²) in [4.78, 5) is 27.8. The highest BCUT2D eigenvalue weighted by atomic mass is 28.3. The lowest BCUT2D eigenvalue weighted by atomic mass is 10.1. The van der Waals surface area contributed by atoms with E-state index in [-0.39, 0.29) is 24.7 Å². The highest BCUT2D eigenvalue weighted by Gasteiger charge is 2.37. The number of benzene rings is 1. The maximum atomic E-state index is 15.4. The van der Waals surface area contributed by atoms with Crippen molar-refractivity contribution in [2.75, 3.05) is 18.1 Å². The zero-order valence-corrected chi connectivity index (χ0v) is 24.9. The van der Waals surface area contributed by atoms with Crippen LogP contribution >= 0.6 is 0 Å². The Morgan fingerprint density at radius 2 is 1.98 bits per heavy atom. The molecule has 1 aliphatic rings. The van der Waals surface area contributed by atoms with Crippen molar-refractivity contribution >= 4 is 25.6 Å². The van der Waals surface area contributed by atoms with Crippen LogP contribution in [0.3, 0.4) is 0 Å². The molecule has 1 amide bonds. The topological polar surface area (TPSA) is 113 Å². The van der Waals surface area contributed by atoms with E-state index in [1.807, 2.05) is 25.1 Å². The number of hydrogen-bond donors (Lipinski definition) is 0. The van der Waals surface area contributed by atoms with Gasteiger partial charge in [0.25, 0.3) is 0 Å². The number of pyridine rings is 1. The van der Waals surface area contributed by atoms with Crippen LogP contribution in [0.4, 0.5) is 15.0 Å². The van der Waals surface area contributed by atoms with Crippen molar-refractivity contribution in [1.82, 2.24) is 34.3 Å². The van der Waals surface area contributed by atoms with Gasteiger partial charge in [0.2, 0.25) is 0 Å². The molecule has 1 atom stereocenters. The number of aromatic nitrogens is 7. The largest absolute Gasteiger partial charge is 0.446 e. The molecule has 13 heteroatoms. The van der Waals surface area contributed by atoms with E-state index in [9.17, 15) is 4.79 Å². The highest BCUT2D eigenvalue weighted by molar-refractivity contribution is 6.76. The molecule has 1 aromatic carbocycles. The number of aryl methyl sites for hydroxylation is 1. The molecule has 4 aromatic heterocycles. The number of halogens is 1. The predicted molar refractivity (Wildman–Crippen MR) is 157 cm³/mol.